The fraction of sp³-hybridized carbons (Fsp3) is 0.160. The first-order valence-electron chi connectivity index (χ1n) is 10.4. The van der Waals surface area contributed by atoms with Crippen molar-refractivity contribution < 1.29 is 9.59 Å². The van der Waals surface area contributed by atoms with Gasteiger partial charge in [0.15, 0.2) is 0 Å². The molecule has 1 aromatic carbocycles. The van der Waals surface area contributed by atoms with Gasteiger partial charge in [0.2, 0.25) is 0 Å². The van der Waals surface area contributed by atoms with Crippen molar-refractivity contribution in [1.29, 1.82) is 5.26 Å². The number of nitriles is 1. The summed E-state index contributed by atoms with van der Waals surface area (Å²) < 4.78 is 1.71. The molecule has 0 radical (unpaired) electrons. The highest BCUT2D eigenvalue weighted by atomic mass is 16.2. The van der Waals surface area contributed by atoms with Crippen LogP contribution >= 0.6 is 0 Å². The second kappa shape index (κ2) is 8.93. The van der Waals surface area contributed by atoms with Crippen molar-refractivity contribution in [3.63, 3.8) is 0 Å². The second-order valence-corrected chi connectivity index (χ2v) is 7.75. The standard InChI is InChI=1S/C25H22N6O2/c1-16(2)31(23-9-4-17(13-26)14-28-23)25(33)20-10-11-30-22(12-20)21(15-29-30)18-5-7-19(8-6-18)24(32)27-3/h4-12,14-16H,1-3H3,(H,27,32). The minimum Gasteiger partial charge on any atom is -0.355 e. The third-order valence-corrected chi connectivity index (χ3v) is 5.31. The van der Waals surface area contributed by atoms with Crippen LogP contribution in [-0.4, -0.2) is 39.5 Å². The summed E-state index contributed by atoms with van der Waals surface area (Å²) in [6, 6.07) is 16.0. The third kappa shape index (κ3) is 4.16. The molecule has 8 heteroatoms. The van der Waals surface area contributed by atoms with E-state index in [2.05, 4.69) is 15.4 Å². The Morgan fingerprint density at radius 3 is 2.42 bits per heavy atom. The maximum Gasteiger partial charge on any atom is 0.259 e. The molecule has 164 valence electrons. The molecule has 0 saturated carbocycles. The van der Waals surface area contributed by atoms with Gasteiger partial charge in [0, 0.05) is 42.2 Å². The number of anilines is 1. The minimum absolute atomic E-state index is 0.143. The number of amides is 2. The highest BCUT2D eigenvalue weighted by Gasteiger charge is 2.23. The van der Waals surface area contributed by atoms with E-state index in [1.807, 2.05) is 32.0 Å². The molecule has 8 nitrogen and oxygen atoms in total. The number of carbonyl (C=O) groups excluding carboxylic acids is 2. The van der Waals surface area contributed by atoms with Crippen molar-refractivity contribution in [2.75, 3.05) is 11.9 Å². The Kier molecular flexibility index (Phi) is 5.87. The average Bonchev–Trinajstić information content (AvgIpc) is 3.27. The predicted molar refractivity (Wildman–Crippen MR) is 125 cm³/mol. The highest BCUT2D eigenvalue weighted by Crippen LogP contribution is 2.27. The van der Waals surface area contributed by atoms with Crippen LogP contribution in [0.4, 0.5) is 5.82 Å². The molecule has 4 rings (SSSR count). The molecule has 0 aliphatic heterocycles. The van der Waals surface area contributed by atoms with Crippen LogP contribution < -0.4 is 10.2 Å². The number of hydrogen-bond acceptors (Lipinski definition) is 5. The molecule has 0 aliphatic carbocycles. The Bertz CT molecular complexity index is 1370. The molecule has 0 atom stereocenters. The molecule has 1 N–H and O–H groups in total. The maximum absolute atomic E-state index is 13.5. The Morgan fingerprint density at radius 2 is 1.82 bits per heavy atom. The van der Waals surface area contributed by atoms with Crippen molar-refractivity contribution >= 4 is 23.1 Å². The Balaban J connectivity index is 1.71. The number of pyridine rings is 2. The summed E-state index contributed by atoms with van der Waals surface area (Å²) in [5.74, 6) is 0.124. The zero-order chi connectivity index (χ0) is 23.5. The lowest BCUT2D eigenvalue weighted by Gasteiger charge is -2.26. The summed E-state index contributed by atoms with van der Waals surface area (Å²) in [5, 5.41) is 16.0. The van der Waals surface area contributed by atoms with E-state index in [9.17, 15) is 9.59 Å². The number of carbonyl (C=O) groups is 2. The van der Waals surface area contributed by atoms with Crippen LogP contribution in [0.1, 0.15) is 40.1 Å². The van der Waals surface area contributed by atoms with Gasteiger partial charge in [0.1, 0.15) is 11.9 Å². The Hall–Kier alpha value is -4.51. The lowest BCUT2D eigenvalue weighted by molar-refractivity contribution is 0.0959. The fourth-order valence-corrected chi connectivity index (χ4v) is 3.62. The lowest BCUT2D eigenvalue weighted by atomic mass is 10.0. The summed E-state index contributed by atoms with van der Waals surface area (Å²) in [6.45, 7) is 3.82. The van der Waals surface area contributed by atoms with E-state index in [0.29, 0.717) is 22.5 Å². The van der Waals surface area contributed by atoms with Crippen molar-refractivity contribution in [3.05, 3.63) is 83.8 Å². The largest absolute Gasteiger partial charge is 0.355 e. The Morgan fingerprint density at radius 1 is 1.06 bits per heavy atom. The lowest BCUT2D eigenvalue weighted by Crippen LogP contribution is -2.37. The van der Waals surface area contributed by atoms with Gasteiger partial charge < -0.3 is 5.32 Å². The van der Waals surface area contributed by atoms with Crippen LogP contribution in [0.5, 0.6) is 0 Å². The summed E-state index contributed by atoms with van der Waals surface area (Å²) in [7, 11) is 1.59. The number of rotatable bonds is 5. The number of benzene rings is 1. The smallest absolute Gasteiger partial charge is 0.259 e. The van der Waals surface area contributed by atoms with Crippen molar-refractivity contribution in [3.8, 4) is 17.2 Å². The van der Waals surface area contributed by atoms with Gasteiger partial charge in [-0.25, -0.2) is 9.50 Å². The molecular formula is C25H22N6O2. The number of fused-ring (bicyclic) bond motifs is 1. The van der Waals surface area contributed by atoms with Crippen LogP contribution in [-0.2, 0) is 0 Å². The average molecular weight is 438 g/mol. The summed E-state index contributed by atoms with van der Waals surface area (Å²) in [4.78, 5) is 31.2. The first kappa shape index (κ1) is 21.7. The first-order valence-corrected chi connectivity index (χ1v) is 10.4. The van der Waals surface area contributed by atoms with Gasteiger partial charge in [0.25, 0.3) is 11.8 Å². The molecule has 0 bridgehead atoms. The van der Waals surface area contributed by atoms with Gasteiger partial charge in [-0.1, -0.05) is 12.1 Å². The number of hydrogen-bond donors (Lipinski definition) is 1. The van der Waals surface area contributed by atoms with E-state index in [-0.39, 0.29) is 17.9 Å². The van der Waals surface area contributed by atoms with Crippen molar-refractivity contribution in [1.82, 2.24) is 19.9 Å². The number of nitrogens with one attached hydrogen (secondary N) is 1. The van der Waals surface area contributed by atoms with E-state index in [1.54, 1.807) is 65.3 Å². The molecule has 3 heterocycles. The SMILES string of the molecule is CNC(=O)c1ccc(-c2cnn3ccc(C(=O)N(c4ccc(C#N)cn4)C(C)C)cc23)cc1. The van der Waals surface area contributed by atoms with Crippen LogP contribution in [0.25, 0.3) is 16.6 Å². The molecule has 0 spiro atoms. The van der Waals surface area contributed by atoms with E-state index < -0.39 is 0 Å². The maximum atomic E-state index is 13.5. The number of nitrogens with zero attached hydrogens (tertiary/aromatic N) is 5. The van der Waals surface area contributed by atoms with Gasteiger partial charge in [0.05, 0.1) is 17.3 Å². The molecule has 0 unspecified atom stereocenters. The molecule has 0 saturated heterocycles. The van der Waals surface area contributed by atoms with Crippen molar-refractivity contribution in [2.45, 2.75) is 19.9 Å². The van der Waals surface area contributed by atoms with E-state index in [0.717, 1.165) is 16.6 Å². The van der Waals surface area contributed by atoms with Crippen molar-refractivity contribution in [2.24, 2.45) is 0 Å². The van der Waals surface area contributed by atoms with Crippen LogP contribution in [0.2, 0.25) is 0 Å². The number of aromatic nitrogens is 3. The van der Waals surface area contributed by atoms with Crippen LogP contribution in [0, 0.1) is 11.3 Å². The predicted octanol–water partition coefficient (Wildman–Crippen LogP) is 3.68. The topological polar surface area (TPSA) is 103 Å². The van der Waals surface area contributed by atoms with Gasteiger partial charge in [-0.3, -0.25) is 14.5 Å². The summed E-state index contributed by atoms with van der Waals surface area (Å²) in [6.07, 6.45) is 4.94. The van der Waals surface area contributed by atoms with Gasteiger partial charge >= 0.3 is 0 Å². The van der Waals surface area contributed by atoms with Crippen LogP contribution in [0.15, 0.2) is 67.1 Å². The van der Waals surface area contributed by atoms with Gasteiger partial charge in [-0.15, -0.1) is 0 Å². The van der Waals surface area contributed by atoms with E-state index in [4.69, 9.17) is 5.26 Å². The Labute approximate surface area is 191 Å². The fourth-order valence-electron chi connectivity index (χ4n) is 3.62. The molecule has 33 heavy (non-hydrogen) atoms. The highest BCUT2D eigenvalue weighted by molar-refractivity contribution is 6.07. The van der Waals surface area contributed by atoms with Gasteiger partial charge in [-0.05, 0) is 55.8 Å². The minimum atomic E-state index is -0.202. The zero-order valence-corrected chi connectivity index (χ0v) is 18.5. The third-order valence-electron chi connectivity index (χ3n) is 5.31. The quantitative estimate of drug-likeness (QED) is 0.512. The van der Waals surface area contributed by atoms with E-state index >= 15 is 0 Å². The first-order chi connectivity index (χ1) is 15.9. The van der Waals surface area contributed by atoms with Crippen LogP contribution in [0.3, 0.4) is 0 Å². The molecule has 0 aliphatic rings. The molecule has 2 amide bonds. The molecular weight excluding hydrogens is 416 g/mol. The zero-order valence-electron chi connectivity index (χ0n) is 18.5. The molecule has 3 aromatic heterocycles. The second-order valence-electron chi connectivity index (χ2n) is 7.75. The monoisotopic (exact) mass is 438 g/mol. The molecule has 4 aromatic rings. The van der Waals surface area contributed by atoms with E-state index in [1.165, 1.54) is 6.20 Å². The summed E-state index contributed by atoms with van der Waals surface area (Å²) in [5.41, 5.74) is 3.99. The summed E-state index contributed by atoms with van der Waals surface area (Å²) >= 11 is 0. The normalized spacial score (nSPS) is 10.8. The molecule has 0 fully saturated rings. The van der Waals surface area contributed by atoms with Gasteiger partial charge in [-0.2, -0.15) is 10.4 Å².